The molecule has 4 nitrogen and oxygen atoms in total. The SMILES string of the molecule is C=Cc1ccc(N)c(C(=N)c2cc3c(o2)CCC=C3)c1OC. The molecule has 1 heterocycles. The molecule has 0 unspecified atom stereocenters. The second kappa shape index (κ2) is 5.56. The van der Waals surface area contributed by atoms with Gasteiger partial charge in [-0.2, -0.15) is 0 Å². The van der Waals surface area contributed by atoms with E-state index in [1.54, 1.807) is 19.3 Å². The highest BCUT2D eigenvalue weighted by Gasteiger charge is 2.21. The predicted octanol–water partition coefficient (Wildman–Crippen LogP) is 3.89. The lowest BCUT2D eigenvalue weighted by molar-refractivity contribution is 0.413. The summed E-state index contributed by atoms with van der Waals surface area (Å²) in [5, 5.41) is 8.50. The standard InChI is InChI=1S/C18H18N2O2/c1-3-11-8-9-13(19)16(18(11)21-2)17(20)15-10-12-6-4-5-7-14(12)22-15/h3-4,6,8-10,20H,1,5,7,19H2,2H3. The highest BCUT2D eigenvalue weighted by molar-refractivity contribution is 6.15. The van der Waals surface area contributed by atoms with Crippen molar-refractivity contribution >= 4 is 23.6 Å². The maximum absolute atomic E-state index is 8.50. The number of aryl methyl sites for hydroxylation is 1. The van der Waals surface area contributed by atoms with Crippen LogP contribution in [0, 0.1) is 5.41 Å². The van der Waals surface area contributed by atoms with Crippen LogP contribution in [0.1, 0.15) is 34.6 Å². The second-order valence-electron chi connectivity index (χ2n) is 5.16. The van der Waals surface area contributed by atoms with Gasteiger partial charge < -0.3 is 14.9 Å². The second-order valence-corrected chi connectivity index (χ2v) is 5.16. The van der Waals surface area contributed by atoms with Gasteiger partial charge in [-0.15, -0.1) is 0 Å². The molecule has 0 saturated carbocycles. The van der Waals surface area contributed by atoms with Crippen LogP contribution < -0.4 is 10.5 Å². The Morgan fingerprint density at radius 3 is 2.95 bits per heavy atom. The van der Waals surface area contributed by atoms with Crippen molar-refractivity contribution in [1.29, 1.82) is 5.41 Å². The van der Waals surface area contributed by atoms with Crippen molar-refractivity contribution in [2.75, 3.05) is 12.8 Å². The van der Waals surface area contributed by atoms with E-state index in [2.05, 4.69) is 12.7 Å². The third kappa shape index (κ3) is 2.22. The van der Waals surface area contributed by atoms with Crippen LogP contribution in [-0.4, -0.2) is 12.8 Å². The maximum Gasteiger partial charge on any atom is 0.153 e. The normalized spacial score (nSPS) is 12.8. The first-order valence-electron chi connectivity index (χ1n) is 7.13. The van der Waals surface area contributed by atoms with Gasteiger partial charge in [0.2, 0.25) is 0 Å². The molecule has 2 aromatic rings. The minimum absolute atomic E-state index is 0.223. The third-order valence-electron chi connectivity index (χ3n) is 3.82. The monoisotopic (exact) mass is 294 g/mol. The van der Waals surface area contributed by atoms with Gasteiger partial charge in [0.25, 0.3) is 0 Å². The highest BCUT2D eigenvalue weighted by Crippen LogP contribution is 2.33. The average molecular weight is 294 g/mol. The first kappa shape index (κ1) is 14.2. The molecular weight excluding hydrogens is 276 g/mol. The molecular formula is C18H18N2O2. The smallest absolute Gasteiger partial charge is 0.153 e. The Morgan fingerprint density at radius 1 is 1.45 bits per heavy atom. The Balaban J connectivity index is 2.11. The predicted molar refractivity (Wildman–Crippen MR) is 89.5 cm³/mol. The number of nitrogens with one attached hydrogen (secondary N) is 1. The molecule has 0 saturated heterocycles. The van der Waals surface area contributed by atoms with Gasteiger partial charge in [-0.25, -0.2) is 0 Å². The zero-order valence-electron chi connectivity index (χ0n) is 12.5. The zero-order valence-corrected chi connectivity index (χ0v) is 12.5. The highest BCUT2D eigenvalue weighted by atomic mass is 16.5. The number of methoxy groups -OCH3 is 1. The Bertz CT molecular complexity index is 785. The van der Waals surface area contributed by atoms with Crippen molar-refractivity contribution in [1.82, 2.24) is 0 Å². The van der Waals surface area contributed by atoms with Gasteiger partial charge in [0.1, 0.15) is 17.2 Å². The molecule has 0 amide bonds. The Kier molecular flexibility index (Phi) is 3.59. The maximum atomic E-state index is 8.50. The number of hydrogen-bond acceptors (Lipinski definition) is 4. The van der Waals surface area contributed by atoms with E-state index in [0.29, 0.717) is 22.8 Å². The molecule has 0 atom stereocenters. The lowest BCUT2D eigenvalue weighted by atomic mass is 10.00. The Morgan fingerprint density at radius 2 is 2.27 bits per heavy atom. The van der Waals surface area contributed by atoms with Crippen LogP contribution >= 0.6 is 0 Å². The molecule has 3 N–H and O–H groups in total. The van der Waals surface area contributed by atoms with Crippen molar-refractivity contribution in [3.8, 4) is 5.75 Å². The van der Waals surface area contributed by atoms with Crippen LogP contribution in [-0.2, 0) is 6.42 Å². The molecule has 112 valence electrons. The molecule has 1 aromatic heterocycles. The molecule has 0 spiro atoms. The summed E-state index contributed by atoms with van der Waals surface area (Å²) >= 11 is 0. The molecule has 22 heavy (non-hydrogen) atoms. The van der Waals surface area contributed by atoms with Gasteiger partial charge in [-0.05, 0) is 24.6 Å². The van der Waals surface area contributed by atoms with E-state index < -0.39 is 0 Å². The fourth-order valence-electron chi connectivity index (χ4n) is 2.70. The summed E-state index contributed by atoms with van der Waals surface area (Å²) in [5.41, 5.74) is 9.14. The number of nitrogens with two attached hydrogens (primary N) is 1. The van der Waals surface area contributed by atoms with Crippen LogP contribution in [0.15, 0.2) is 35.3 Å². The van der Waals surface area contributed by atoms with Crippen molar-refractivity contribution in [3.05, 3.63) is 59.1 Å². The van der Waals surface area contributed by atoms with Gasteiger partial charge in [0.05, 0.1) is 12.7 Å². The van der Waals surface area contributed by atoms with E-state index in [9.17, 15) is 0 Å². The molecule has 0 radical (unpaired) electrons. The number of fused-ring (bicyclic) bond motifs is 1. The number of anilines is 1. The van der Waals surface area contributed by atoms with Crippen LogP contribution in [0.4, 0.5) is 5.69 Å². The number of nitrogen functional groups attached to an aromatic ring is 1. The topological polar surface area (TPSA) is 72.2 Å². The molecule has 1 aromatic carbocycles. The lowest BCUT2D eigenvalue weighted by Crippen LogP contribution is -2.08. The van der Waals surface area contributed by atoms with E-state index in [4.69, 9.17) is 20.3 Å². The minimum atomic E-state index is 0.223. The Hall–Kier alpha value is -2.75. The zero-order chi connectivity index (χ0) is 15.7. The van der Waals surface area contributed by atoms with Crippen molar-refractivity contribution < 1.29 is 9.15 Å². The first-order chi connectivity index (χ1) is 10.7. The molecule has 1 aliphatic carbocycles. The number of furan rings is 1. The van der Waals surface area contributed by atoms with Crippen LogP contribution in [0.3, 0.4) is 0 Å². The molecule has 0 fully saturated rings. The number of ether oxygens (including phenoxy) is 1. The summed E-state index contributed by atoms with van der Waals surface area (Å²) in [5.74, 6) is 1.97. The lowest BCUT2D eigenvalue weighted by Gasteiger charge is -2.14. The van der Waals surface area contributed by atoms with Gasteiger partial charge in [0, 0.05) is 23.2 Å². The first-order valence-corrected chi connectivity index (χ1v) is 7.13. The number of rotatable bonds is 4. The van der Waals surface area contributed by atoms with E-state index in [1.165, 1.54) is 0 Å². The van der Waals surface area contributed by atoms with Crippen molar-refractivity contribution in [2.24, 2.45) is 0 Å². The average Bonchev–Trinajstić information content (AvgIpc) is 2.97. The fraction of sp³-hybridized carbons (Fsp3) is 0.167. The summed E-state index contributed by atoms with van der Waals surface area (Å²) in [6, 6.07) is 5.47. The number of hydrogen-bond donors (Lipinski definition) is 2. The van der Waals surface area contributed by atoms with E-state index in [1.807, 2.05) is 18.2 Å². The molecule has 1 aliphatic rings. The summed E-state index contributed by atoms with van der Waals surface area (Å²) < 4.78 is 11.3. The summed E-state index contributed by atoms with van der Waals surface area (Å²) in [7, 11) is 1.56. The van der Waals surface area contributed by atoms with Gasteiger partial charge in [-0.1, -0.05) is 24.8 Å². The van der Waals surface area contributed by atoms with Crippen molar-refractivity contribution in [3.63, 3.8) is 0 Å². The molecule has 3 rings (SSSR count). The van der Waals surface area contributed by atoms with Crippen molar-refractivity contribution in [2.45, 2.75) is 12.8 Å². The Labute approximate surface area is 129 Å². The largest absolute Gasteiger partial charge is 0.495 e. The number of benzene rings is 1. The van der Waals surface area contributed by atoms with E-state index >= 15 is 0 Å². The van der Waals surface area contributed by atoms with Gasteiger partial charge in [0.15, 0.2) is 5.76 Å². The van der Waals surface area contributed by atoms with E-state index in [0.717, 1.165) is 29.7 Å². The molecule has 0 aliphatic heterocycles. The van der Waals surface area contributed by atoms with Gasteiger partial charge >= 0.3 is 0 Å². The van der Waals surface area contributed by atoms with Crippen LogP contribution in [0.2, 0.25) is 0 Å². The minimum Gasteiger partial charge on any atom is -0.495 e. The van der Waals surface area contributed by atoms with E-state index in [-0.39, 0.29) is 5.71 Å². The summed E-state index contributed by atoms with van der Waals surface area (Å²) in [4.78, 5) is 0. The summed E-state index contributed by atoms with van der Waals surface area (Å²) in [6.07, 6.45) is 7.65. The molecule has 0 bridgehead atoms. The van der Waals surface area contributed by atoms with Crippen LogP contribution in [0.5, 0.6) is 5.75 Å². The fourth-order valence-corrected chi connectivity index (χ4v) is 2.70. The molecule has 4 heteroatoms. The number of allylic oxidation sites excluding steroid dienone is 1. The summed E-state index contributed by atoms with van der Waals surface area (Å²) in [6.45, 7) is 3.77. The van der Waals surface area contributed by atoms with Gasteiger partial charge in [-0.3, -0.25) is 5.41 Å². The van der Waals surface area contributed by atoms with Crippen LogP contribution in [0.25, 0.3) is 12.2 Å². The quantitative estimate of drug-likeness (QED) is 0.663. The third-order valence-corrected chi connectivity index (χ3v) is 3.82.